The maximum Gasteiger partial charge on any atom is 0.240 e. The fourth-order valence-corrected chi connectivity index (χ4v) is 3.43. The number of fused-ring (bicyclic) bond motifs is 1. The molecule has 3 rings (SSSR count). The number of benzene rings is 1. The van der Waals surface area contributed by atoms with Gasteiger partial charge in [0.2, 0.25) is 17.7 Å². The average Bonchev–Trinajstić information content (AvgIpc) is 3.01. The number of rotatable bonds is 2. The van der Waals surface area contributed by atoms with Gasteiger partial charge in [0.1, 0.15) is 0 Å². The lowest BCUT2D eigenvalue weighted by Crippen LogP contribution is -2.46. The molecule has 2 aliphatic heterocycles. The van der Waals surface area contributed by atoms with Gasteiger partial charge in [0, 0.05) is 27.2 Å². The Morgan fingerprint density at radius 1 is 1.09 bits per heavy atom. The van der Waals surface area contributed by atoms with Crippen LogP contribution in [-0.4, -0.2) is 54.7 Å². The van der Waals surface area contributed by atoms with E-state index in [0.717, 1.165) is 10.5 Å². The van der Waals surface area contributed by atoms with Crippen LogP contribution < -0.4 is 5.32 Å². The van der Waals surface area contributed by atoms with Crippen LogP contribution in [0, 0.1) is 11.8 Å². The molecule has 6 nitrogen and oxygen atoms in total. The highest BCUT2D eigenvalue weighted by Crippen LogP contribution is 2.43. The Labute approximate surface area is 129 Å². The van der Waals surface area contributed by atoms with E-state index in [1.807, 2.05) is 30.3 Å². The monoisotopic (exact) mass is 301 g/mol. The largest absolute Gasteiger partial charge is 0.347 e. The van der Waals surface area contributed by atoms with E-state index >= 15 is 0 Å². The first-order chi connectivity index (χ1) is 10.4. The van der Waals surface area contributed by atoms with Crippen LogP contribution >= 0.6 is 0 Å². The van der Waals surface area contributed by atoms with Crippen LogP contribution in [0.3, 0.4) is 0 Å². The zero-order chi connectivity index (χ0) is 16.0. The zero-order valence-electron chi connectivity index (χ0n) is 12.8. The van der Waals surface area contributed by atoms with Crippen LogP contribution in [0.2, 0.25) is 0 Å². The van der Waals surface area contributed by atoms with E-state index in [1.54, 1.807) is 14.1 Å². The third kappa shape index (κ3) is 2.02. The lowest BCUT2D eigenvalue weighted by Gasteiger charge is -2.22. The Bertz CT molecular complexity index is 629. The smallest absolute Gasteiger partial charge is 0.240 e. The highest BCUT2D eigenvalue weighted by atomic mass is 16.2. The van der Waals surface area contributed by atoms with Gasteiger partial charge in [-0.2, -0.15) is 0 Å². The predicted octanol–water partition coefficient (Wildman–Crippen LogP) is 0.0187. The molecular weight excluding hydrogens is 282 g/mol. The van der Waals surface area contributed by atoms with E-state index in [1.165, 1.54) is 11.9 Å². The Kier molecular flexibility index (Phi) is 3.48. The number of likely N-dealkylation sites (tertiary alicyclic amines) is 1. The lowest BCUT2D eigenvalue weighted by molar-refractivity contribution is -0.141. The Balaban J connectivity index is 2.02. The fourth-order valence-electron chi connectivity index (χ4n) is 3.43. The van der Waals surface area contributed by atoms with E-state index in [0.29, 0.717) is 0 Å². The molecule has 0 spiro atoms. The minimum atomic E-state index is -0.661. The molecule has 2 saturated heterocycles. The van der Waals surface area contributed by atoms with Crippen molar-refractivity contribution < 1.29 is 14.4 Å². The van der Waals surface area contributed by atoms with E-state index in [2.05, 4.69) is 5.32 Å². The number of hydrogen-bond acceptors (Lipinski definition) is 4. The van der Waals surface area contributed by atoms with Gasteiger partial charge in [-0.25, -0.2) is 0 Å². The quantitative estimate of drug-likeness (QED) is 0.782. The number of hydrogen-bond donors (Lipinski definition) is 1. The fraction of sp³-hybridized carbons (Fsp3) is 0.438. The minimum Gasteiger partial charge on any atom is -0.347 e. The number of amides is 3. The van der Waals surface area contributed by atoms with Crippen molar-refractivity contribution in [2.24, 2.45) is 11.8 Å². The number of nitrogens with zero attached hydrogens (tertiary/aromatic N) is 2. The summed E-state index contributed by atoms with van der Waals surface area (Å²) in [6.07, 6.45) is 0. The molecule has 3 amide bonds. The summed E-state index contributed by atoms with van der Waals surface area (Å²) >= 11 is 0. The lowest BCUT2D eigenvalue weighted by atomic mass is 9.86. The Morgan fingerprint density at radius 2 is 1.68 bits per heavy atom. The van der Waals surface area contributed by atoms with Crippen LogP contribution in [0.25, 0.3) is 0 Å². The highest BCUT2D eigenvalue weighted by Gasteiger charge is 2.60. The summed E-state index contributed by atoms with van der Waals surface area (Å²) in [7, 11) is 4.79. The zero-order valence-corrected chi connectivity index (χ0v) is 12.8. The Hall–Kier alpha value is -2.21. The molecule has 1 aromatic carbocycles. The third-order valence-electron chi connectivity index (χ3n) is 4.56. The molecule has 2 fully saturated rings. The van der Waals surface area contributed by atoms with Gasteiger partial charge in [-0.05, 0) is 5.56 Å². The van der Waals surface area contributed by atoms with Gasteiger partial charge in [0.25, 0.3) is 0 Å². The Morgan fingerprint density at radius 3 is 2.27 bits per heavy atom. The topological polar surface area (TPSA) is 69.7 Å². The number of nitrogens with one attached hydrogen (secondary N) is 1. The molecule has 1 aromatic rings. The van der Waals surface area contributed by atoms with Gasteiger partial charge < -0.3 is 4.90 Å². The van der Waals surface area contributed by atoms with Gasteiger partial charge in [-0.3, -0.25) is 24.6 Å². The molecule has 0 unspecified atom stereocenters. The van der Waals surface area contributed by atoms with Gasteiger partial charge in [-0.1, -0.05) is 30.3 Å². The molecular formula is C16H19N3O3. The summed E-state index contributed by atoms with van der Waals surface area (Å²) in [5.41, 5.74) is 0.919. The van der Waals surface area contributed by atoms with Crippen molar-refractivity contribution in [3.63, 3.8) is 0 Å². The summed E-state index contributed by atoms with van der Waals surface area (Å²) < 4.78 is 0. The minimum absolute atomic E-state index is 0.176. The second kappa shape index (κ2) is 5.21. The van der Waals surface area contributed by atoms with Crippen molar-refractivity contribution in [1.82, 2.24) is 15.1 Å². The van der Waals surface area contributed by atoms with Crippen molar-refractivity contribution in [2.75, 3.05) is 21.1 Å². The van der Waals surface area contributed by atoms with Crippen molar-refractivity contribution in [3.8, 4) is 0 Å². The van der Waals surface area contributed by atoms with Crippen LogP contribution in [-0.2, 0) is 14.4 Å². The second-order valence-electron chi connectivity index (χ2n) is 6.05. The standard InChI is InChI=1S/C16H19N3O3/c1-18(2)16(22)13-11-10(14(20)19(3)15(11)21)12(17-13)9-7-5-4-6-8-9/h4-8,10-13,17H,1-3H3/t10-,11+,12+,13+/m0/s1. The molecule has 0 radical (unpaired) electrons. The summed E-state index contributed by atoms with van der Waals surface area (Å²) in [5, 5.41) is 3.21. The van der Waals surface area contributed by atoms with Crippen LogP contribution in [0.4, 0.5) is 0 Å². The van der Waals surface area contributed by atoms with Crippen LogP contribution in [0.1, 0.15) is 11.6 Å². The van der Waals surface area contributed by atoms with Crippen molar-refractivity contribution in [2.45, 2.75) is 12.1 Å². The molecule has 2 heterocycles. The molecule has 4 atom stereocenters. The summed E-state index contributed by atoms with van der Waals surface area (Å²) in [6.45, 7) is 0. The molecule has 0 aromatic heterocycles. The molecule has 0 saturated carbocycles. The van der Waals surface area contributed by atoms with Crippen LogP contribution in [0.5, 0.6) is 0 Å². The molecule has 22 heavy (non-hydrogen) atoms. The predicted molar refractivity (Wildman–Crippen MR) is 79.6 cm³/mol. The van der Waals surface area contributed by atoms with Crippen molar-refractivity contribution in [3.05, 3.63) is 35.9 Å². The summed E-state index contributed by atoms with van der Waals surface area (Å²) in [6, 6.07) is 8.51. The first kappa shape index (κ1) is 14.7. The molecule has 0 bridgehead atoms. The summed E-state index contributed by atoms with van der Waals surface area (Å²) in [5.74, 6) is -1.82. The van der Waals surface area contributed by atoms with Gasteiger partial charge in [-0.15, -0.1) is 0 Å². The second-order valence-corrected chi connectivity index (χ2v) is 6.05. The molecule has 6 heteroatoms. The molecule has 0 aliphatic carbocycles. The highest BCUT2D eigenvalue weighted by molar-refractivity contribution is 6.08. The first-order valence-corrected chi connectivity index (χ1v) is 7.27. The maximum absolute atomic E-state index is 12.5. The number of carbonyl (C=O) groups excluding carboxylic acids is 3. The van der Waals surface area contributed by atoms with E-state index in [-0.39, 0.29) is 23.8 Å². The molecule has 1 N–H and O–H groups in total. The van der Waals surface area contributed by atoms with E-state index in [9.17, 15) is 14.4 Å². The third-order valence-corrected chi connectivity index (χ3v) is 4.56. The SMILES string of the molecule is CN(C)C(=O)[C@@H]1N[C@H](c2ccccc2)[C@H]2C(=O)N(C)C(=O)[C@H]21. The maximum atomic E-state index is 12.5. The number of imide groups is 1. The first-order valence-electron chi connectivity index (χ1n) is 7.27. The van der Waals surface area contributed by atoms with E-state index in [4.69, 9.17) is 0 Å². The van der Waals surface area contributed by atoms with E-state index < -0.39 is 17.9 Å². The van der Waals surface area contributed by atoms with Gasteiger partial charge in [0.05, 0.1) is 17.9 Å². The molecule has 2 aliphatic rings. The van der Waals surface area contributed by atoms with Gasteiger partial charge >= 0.3 is 0 Å². The van der Waals surface area contributed by atoms with Crippen molar-refractivity contribution >= 4 is 17.7 Å². The normalized spacial score (nSPS) is 30.6. The summed E-state index contributed by atoms with van der Waals surface area (Å²) in [4.78, 5) is 39.9. The number of carbonyl (C=O) groups is 3. The van der Waals surface area contributed by atoms with Crippen molar-refractivity contribution in [1.29, 1.82) is 0 Å². The van der Waals surface area contributed by atoms with Gasteiger partial charge in [0.15, 0.2) is 0 Å². The number of likely N-dealkylation sites (N-methyl/N-ethyl adjacent to an activating group) is 1. The average molecular weight is 301 g/mol. The van der Waals surface area contributed by atoms with Crippen LogP contribution in [0.15, 0.2) is 30.3 Å². The molecule has 116 valence electrons.